The molecule has 11 heteroatoms. The van der Waals surface area contributed by atoms with Gasteiger partial charge in [-0.25, -0.2) is 9.67 Å². The SMILES string of the molecule is CC1CCS/C(=N\N=C\c2ccc(-c3ncn(-c4ccc(OC(F)(F)F)cc4)n3)cc2)N1c1ccccc1C(C)(C)C. The van der Waals surface area contributed by atoms with E-state index >= 15 is 0 Å². The predicted octanol–water partition coefficient (Wildman–Crippen LogP) is 7.85. The molecule has 0 spiro atoms. The lowest BCUT2D eigenvalue weighted by Crippen LogP contribution is -2.42. The molecular formula is C31H31F3N6OS. The van der Waals surface area contributed by atoms with Gasteiger partial charge in [-0.3, -0.25) is 0 Å². The van der Waals surface area contributed by atoms with Gasteiger partial charge in [0.1, 0.15) is 12.1 Å². The Morgan fingerprint density at radius 3 is 2.38 bits per heavy atom. The summed E-state index contributed by atoms with van der Waals surface area (Å²) in [5.74, 6) is 1.17. The van der Waals surface area contributed by atoms with Crippen LogP contribution < -0.4 is 9.64 Å². The van der Waals surface area contributed by atoms with Gasteiger partial charge in [0.05, 0.1) is 11.9 Å². The summed E-state index contributed by atoms with van der Waals surface area (Å²) in [5, 5.41) is 14.4. The fourth-order valence-electron chi connectivity index (χ4n) is 4.63. The number of nitrogens with zero attached hydrogens (tertiary/aromatic N) is 6. The number of amidine groups is 1. The molecule has 0 amide bonds. The topological polar surface area (TPSA) is 67.9 Å². The lowest BCUT2D eigenvalue weighted by atomic mass is 9.85. The van der Waals surface area contributed by atoms with Crippen molar-refractivity contribution in [1.29, 1.82) is 0 Å². The summed E-state index contributed by atoms with van der Waals surface area (Å²) in [6, 6.07) is 21.8. The first-order valence-corrected chi connectivity index (χ1v) is 14.5. The third kappa shape index (κ3) is 7.02. The number of thioether (sulfide) groups is 1. The standard InChI is InChI=1S/C31H31F3N6OS/c1-21-17-18-42-29(40(21)27-8-6-5-7-26(27)30(2,3)4)37-36-19-22-9-11-23(12-10-22)28-35-20-39(38-28)24-13-15-25(16-14-24)41-31(32,33)34/h5-16,19-21H,17-18H2,1-4H3/b36-19+,37-29-. The highest BCUT2D eigenvalue weighted by Gasteiger charge is 2.31. The van der Waals surface area contributed by atoms with Crippen LogP contribution in [0.25, 0.3) is 17.1 Å². The largest absolute Gasteiger partial charge is 0.573 e. The Morgan fingerprint density at radius 2 is 1.69 bits per heavy atom. The average molecular weight is 593 g/mol. The van der Waals surface area contributed by atoms with E-state index in [1.807, 2.05) is 24.3 Å². The van der Waals surface area contributed by atoms with Crippen LogP contribution in [0.3, 0.4) is 0 Å². The second-order valence-electron chi connectivity index (χ2n) is 10.9. The number of para-hydroxylation sites is 1. The van der Waals surface area contributed by atoms with Crippen LogP contribution in [0, 0.1) is 0 Å². The van der Waals surface area contributed by atoms with Crippen LogP contribution in [0.2, 0.25) is 0 Å². The highest BCUT2D eigenvalue weighted by atomic mass is 32.2. The molecule has 1 fully saturated rings. The van der Waals surface area contributed by atoms with E-state index in [0.29, 0.717) is 17.6 Å². The van der Waals surface area contributed by atoms with E-state index in [9.17, 15) is 13.2 Å². The van der Waals surface area contributed by atoms with Crippen molar-refractivity contribution in [2.24, 2.45) is 10.2 Å². The maximum absolute atomic E-state index is 12.4. The fourth-order valence-corrected chi connectivity index (χ4v) is 5.79. The van der Waals surface area contributed by atoms with E-state index in [1.165, 1.54) is 46.5 Å². The van der Waals surface area contributed by atoms with Crippen molar-refractivity contribution in [3.05, 3.63) is 90.3 Å². The number of alkyl halides is 3. The predicted molar refractivity (Wildman–Crippen MR) is 163 cm³/mol. The number of benzene rings is 3. The summed E-state index contributed by atoms with van der Waals surface area (Å²) >= 11 is 1.71. The van der Waals surface area contributed by atoms with E-state index in [-0.39, 0.29) is 11.2 Å². The molecule has 5 rings (SSSR count). The molecule has 4 aromatic rings. The third-order valence-electron chi connectivity index (χ3n) is 6.73. The van der Waals surface area contributed by atoms with Crippen LogP contribution in [0.1, 0.15) is 45.2 Å². The maximum atomic E-state index is 12.4. The minimum atomic E-state index is -4.74. The van der Waals surface area contributed by atoms with Gasteiger partial charge in [-0.1, -0.05) is 75.0 Å². The molecule has 2 heterocycles. The first-order chi connectivity index (χ1) is 20.0. The Bertz CT molecular complexity index is 1570. The smallest absolute Gasteiger partial charge is 0.406 e. The fraction of sp³-hybridized carbons (Fsp3) is 0.290. The highest BCUT2D eigenvalue weighted by molar-refractivity contribution is 8.14. The minimum Gasteiger partial charge on any atom is -0.406 e. The van der Waals surface area contributed by atoms with Crippen molar-refractivity contribution in [1.82, 2.24) is 14.8 Å². The van der Waals surface area contributed by atoms with E-state index in [0.717, 1.165) is 28.5 Å². The summed E-state index contributed by atoms with van der Waals surface area (Å²) in [6.07, 6.45) is -0.444. The summed E-state index contributed by atoms with van der Waals surface area (Å²) < 4.78 is 42.7. The van der Waals surface area contributed by atoms with Crippen LogP contribution >= 0.6 is 11.8 Å². The van der Waals surface area contributed by atoms with Gasteiger partial charge in [-0.05, 0) is 60.2 Å². The van der Waals surface area contributed by atoms with Crippen LogP contribution in [0.5, 0.6) is 5.75 Å². The molecule has 1 aliphatic heterocycles. The summed E-state index contributed by atoms with van der Waals surface area (Å²) in [6.45, 7) is 8.89. The maximum Gasteiger partial charge on any atom is 0.573 e. The molecule has 218 valence electrons. The van der Waals surface area contributed by atoms with Gasteiger partial charge in [0.2, 0.25) is 0 Å². The molecule has 42 heavy (non-hydrogen) atoms. The number of hydrogen-bond acceptors (Lipinski definition) is 6. The van der Waals surface area contributed by atoms with Gasteiger partial charge in [0.15, 0.2) is 11.0 Å². The number of aromatic nitrogens is 3. The Balaban J connectivity index is 1.29. The van der Waals surface area contributed by atoms with Crippen molar-refractivity contribution in [2.75, 3.05) is 10.7 Å². The van der Waals surface area contributed by atoms with E-state index in [2.05, 4.69) is 81.9 Å². The molecule has 1 atom stereocenters. The summed E-state index contributed by atoms with van der Waals surface area (Å²) in [7, 11) is 0. The molecule has 0 radical (unpaired) electrons. The molecule has 0 aliphatic carbocycles. The normalized spacial score (nSPS) is 17.3. The number of hydrogen-bond donors (Lipinski definition) is 0. The third-order valence-corrected chi connectivity index (χ3v) is 7.71. The number of halogens is 3. The van der Waals surface area contributed by atoms with Crippen LogP contribution in [-0.2, 0) is 5.41 Å². The first-order valence-electron chi connectivity index (χ1n) is 13.5. The summed E-state index contributed by atoms with van der Waals surface area (Å²) in [5.41, 5.74) is 4.65. The second kappa shape index (κ2) is 12.0. The monoisotopic (exact) mass is 592 g/mol. The summed E-state index contributed by atoms with van der Waals surface area (Å²) in [4.78, 5) is 6.64. The molecule has 1 aromatic heterocycles. The minimum absolute atomic E-state index is 0.00454. The zero-order chi connectivity index (χ0) is 29.9. The molecule has 0 saturated carbocycles. The second-order valence-corrected chi connectivity index (χ2v) is 12.0. The van der Waals surface area contributed by atoms with E-state index in [1.54, 1.807) is 18.0 Å². The van der Waals surface area contributed by atoms with E-state index < -0.39 is 6.36 Å². The molecule has 7 nitrogen and oxygen atoms in total. The molecule has 1 unspecified atom stereocenters. The molecular weight excluding hydrogens is 561 g/mol. The Morgan fingerprint density at radius 1 is 0.976 bits per heavy atom. The molecule has 1 aliphatic rings. The lowest BCUT2D eigenvalue weighted by Gasteiger charge is -2.38. The van der Waals surface area contributed by atoms with Crippen molar-refractivity contribution in [3.63, 3.8) is 0 Å². The Hall–Kier alpha value is -4.12. The zero-order valence-corrected chi connectivity index (χ0v) is 24.5. The van der Waals surface area contributed by atoms with Crippen LogP contribution in [-0.4, -0.2) is 44.3 Å². The van der Waals surface area contributed by atoms with Crippen molar-refractivity contribution < 1.29 is 17.9 Å². The lowest BCUT2D eigenvalue weighted by molar-refractivity contribution is -0.274. The van der Waals surface area contributed by atoms with Gasteiger partial charge < -0.3 is 9.64 Å². The number of rotatable bonds is 6. The van der Waals surface area contributed by atoms with Gasteiger partial charge in [0.25, 0.3) is 0 Å². The molecule has 0 N–H and O–H groups in total. The average Bonchev–Trinajstić information content (AvgIpc) is 3.43. The van der Waals surface area contributed by atoms with Crippen LogP contribution in [0.15, 0.2) is 89.3 Å². The number of anilines is 1. The quantitative estimate of drug-likeness (QED) is 0.169. The van der Waals surface area contributed by atoms with Gasteiger partial charge >= 0.3 is 6.36 Å². The Labute approximate surface area is 247 Å². The molecule has 1 saturated heterocycles. The van der Waals surface area contributed by atoms with E-state index in [4.69, 9.17) is 0 Å². The molecule has 0 bridgehead atoms. The molecule has 3 aromatic carbocycles. The highest BCUT2D eigenvalue weighted by Crippen LogP contribution is 2.37. The zero-order valence-electron chi connectivity index (χ0n) is 23.7. The van der Waals surface area contributed by atoms with Gasteiger partial charge in [-0.15, -0.1) is 23.4 Å². The van der Waals surface area contributed by atoms with Crippen molar-refractivity contribution >= 4 is 28.8 Å². The Kier molecular flexibility index (Phi) is 8.40. The number of ether oxygens (including phenoxy) is 1. The van der Waals surface area contributed by atoms with Crippen LogP contribution in [0.4, 0.5) is 18.9 Å². The van der Waals surface area contributed by atoms with Gasteiger partial charge in [0, 0.05) is 23.0 Å². The first kappa shape index (κ1) is 29.4. The van der Waals surface area contributed by atoms with Gasteiger partial charge in [-0.2, -0.15) is 5.10 Å². The van der Waals surface area contributed by atoms with Crippen molar-refractivity contribution in [3.8, 4) is 22.8 Å². The van der Waals surface area contributed by atoms with Crippen molar-refractivity contribution in [2.45, 2.75) is 51.9 Å².